The van der Waals surface area contributed by atoms with Crippen LogP contribution in [0.3, 0.4) is 0 Å². The molecule has 6 heteroatoms. The molecule has 0 saturated heterocycles. The van der Waals surface area contributed by atoms with Gasteiger partial charge in [-0.3, -0.25) is 9.59 Å². The molecule has 0 aliphatic heterocycles. The van der Waals surface area contributed by atoms with Gasteiger partial charge in [-0.15, -0.1) is 0 Å². The second-order valence-electron chi connectivity index (χ2n) is 6.97. The van der Waals surface area contributed by atoms with Crippen molar-refractivity contribution in [3.8, 4) is 5.69 Å². The quantitative estimate of drug-likeness (QED) is 0.875. The number of nitrogens with zero attached hydrogens (tertiary/aromatic N) is 3. The largest absolute Gasteiger partial charge is 0.368 e. The van der Waals surface area contributed by atoms with E-state index >= 15 is 0 Å². The van der Waals surface area contributed by atoms with Crippen LogP contribution in [0.25, 0.3) is 5.69 Å². The Morgan fingerprint density at radius 3 is 2.24 bits per heavy atom. The van der Waals surface area contributed by atoms with Crippen LogP contribution in [0, 0.1) is 26.7 Å². The van der Waals surface area contributed by atoms with Crippen molar-refractivity contribution in [2.45, 2.75) is 34.6 Å². The van der Waals surface area contributed by atoms with Crippen molar-refractivity contribution in [2.75, 3.05) is 13.1 Å². The van der Waals surface area contributed by atoms with Gasteiger partial charge in [0.1, 0.15) is 0 Å². The molecule has 0 unspecified atom stereocenters. The lowest BCUT2D eigenvalue weighted by Crippen LogP contribution is -2.40. The average Bonchev–Trinajstić information content (AvgIpc) is 2.85. The van der Waals surface area contributed by atoms with Crippen molar-refractivity contribution in [1.29, 1.82) is 0 Å². The van der Waals surface area contributed by atoms with Crippen LogP contribution in [-0.4, -0.2) is 39.6 Å². The lowest BCUT2D eigenvalue weighted by atomic mass is 10.1. The molecule has 1 aromatic heterocycles. The molecule has 0 spiro atoms. The zero-order valence-corrected chi connectivity index (χ0v) is 15.5. The lowest BCUT2D eigenvalue weighted by Gasteiger charge is -2.22. The van der Waals surface area contributed by atoms with E-state index in [0.29, 0.717) is 12.2 Å². The van der Waals surface area contributed by atoms with E-state index in [4.69, 9.17) is 5.73 Å². The highest BCUT2D eigenvalue weighted by molar-refractivity contribution is 5.94. The third-order valence-corrected chi connectivity index (χ3v) is 3.78. The molecule has 25 heavy (non-hydrogen) atoms. The minimum absolute atomic E-state index is 0.105. The first kappa shape index (κ1) is 18.7. The summed E-state index contributed by atoms with van der Waals surface area (Å²) in [4.78, 5) is 25.5. The van der Waals surface area contributed by atoms with Crippen LogP contribution in [-0.2, 0) is 4.79 Å². The van der Waals surface area contributed by atoms with Gasteiger partial charge in [0.05, 0.1) is 12.2 Å². The summed E-state index contributed by atoms with van der Waals surface area (Å²) in [6.45, 7) is 10.3. The molecule has 2 aromatic rings. The fourth-order valence-electron chi connectivity index (χ4n) is 2.92. The van der Waals surface area contributed by atoms with Gasteiger partial charge in [0.2, 0.25) is 5.91 Å². The van der Waals surface area contributed by atoms with Gasteiger partial charge in [0.25, 0.3) is 5.91 Å². The van der Waals surface area contributed by atoms with Crippen LogP contribution >= 0.6 is 0 Å². The highest BCUT2D eigenvalue weighted by Crippen LogP contribution is 2.17. The van der Waals surface area contributed by atoms with Gasteiger partial charge in [-0.25, -0.2) is 4.68 Å². The Labute approximate surface area is 148 Å². The second-order valence-corrected chi connectivity index (χ2v) is 6.97. The van der Waals surface area contributed by atoms with Gasteiger partial charge < -0.3 is 10.6 Å². The van der Waals surface area contributed by atoms with E-state index in [9.17, 15) is 9.59 Å². The Bertz CT molecular complexity index is 772. The molecule has 2 amide bonds. The van der Waals surface area contributed by atoms with E-state index in [1.165, 1.54) is 4.90 Å². The number of benzene rings is 1. The summed E-state index contributed by atoms with van der Waals surface area (Å²) in [6, 6.07) is 7.88. The summed E-state index contributed by atoms with van der Waals surface area (Å²) >= 11 is 0. The maximum atomic E-state index is 12.8. The number of primary amides is 1. The van der Waals surface area contributed by atoms with Gasteiger partial charge in [-0.2, -0.15) is 5.10 Å². The van der Waals surface area contributed by atoms with Crippen LogP contribution in [0.4, 0.5) is 0 Å². The number of carbonyl (C=O) groups excluding carboxylic acids is 2. The molecule has 1 heterocycles. The minimum atomic E-state index is -0.528. The number of nitrogens with two attached hydrogens (primary N) is 1. The molecule has 0 fully saturated rings. The summed E-state index contributed by atoms with van der Waals surface area (Å²) in [6.07, 6.45) is 0. The van der Waals surface area contributed by atoms with Crippen molar-refractivity contribution in [2.24, 2.45) is 11.7 Å². The van der Waals surface area contributed by atoms with E-state index in [2.05, 4.69) is 11.2 Å². The fourth-order valence-corrected chi connectivity index (χ4v) is 2.92. The number of hydrogen-bond donors (Lipinski definition) is 1. The Kier molecular flexibility index (Phi) is 5.62. The van der Waals surface area contributed by atoms with Crippen molar-refractivity contribution in [1.82, 2.24) is 14.7 Å². The average molecular weight is 342 g/mol. The van der Waals surface area contributed by atoms with Crippen LogP contribution in [0.2, 0.25) is 0 Å². The van der Waals surface area contributed by atoms with E-state index in [0.717, 1.165) is 22.5 Å². The molecule has 0 atom stereocenters. The van der Waals surface area contributed by atoms with Crippen molar-refractivity contribution >= 4 is 11.8 Å². The Balaban J connectivity index is 2.36. The predicted molar refractivity (Wildman–Crippen MR) is 97.7 cm³/mol. The third kappa shape index (κ3) is 4.68. The molecular formula is C19H26N4O2. The number of rotatable bonds is 6. The highest BCUT2D eigenvalue weighted by atomic mass is 16.2. The molecule has 2 rings (SSSR count). The van der Waals surface area contributed by atoms with E-state index in [1.807, 2.05) is 46.8 Å². The molecule has 0 aliphatic rings. The van der Waals surface area contributed by atoms with Crippen molar-refractivity contribution < 1.29 is 9.59 Å². The van der Waals surface area contributed by atoms with Gasteiger partial charge in [-0.1, -0.05) is 19.9 Å². The molecule has 0 saturated carbocycles. The SMILES string of the molecule is Cc1cc(C)cc(-n2nc(C(=O)N(CC(N)=O)CC(C)C)cc2C)c1. The van der Waals surface area contributed by atoms with Crippen LogP contribution in [0.15, 0.2) is 24.3 Å². The predicted octanol–water partition coefficient (Wildman–Crippen LogP) is 2.38. The lowest BCUT2D eigenvalue weighted by molar-refractivity contribution is -0.118. The third-order valence-electron chi connectivity index (χ3n) is 3.78. The number of aromatic nitrogens is 2. The van der Waals surface area contributed by atoms with E-state index in [1.54, 1.807) is 10.7 Å². The van der Waals surface area contributed by atoms with E-state index in [-0.39, 0.29) is 18.4 Å². The molecule has 0 bridgehead atoms. The standard InChI is InChI=1S/C19H26N4O2/c1-12(2)10-22(11-18(20)24)19(25)17-9-15(5)23(21-17)16-7-13(3)6-14(4)8-16/h6-9,12H,10-11H2,1-5H3,(H2,20,24). The molecule has 6 nitrogen and oxygen atoms in total. The van der Waals surface area contributed by atoms with Crippen molar-refractivity contribution in [3.05, 3.63) is 46.8 Å². The number of carbonyl (C=O) groups is 2. The monoisotopic (exact) mass is 342 g/mol. The second kappa shape index (κ2) is 7.51. The molecule has 0 radical (unpaired) electrons. The summed E-state index contributed by atoms with van der Waals surface area (Å²) in [7, 11) is 0. The van der Waals surface area contributed by atoms with Gasteiger partial charge in [0.15, 0.2) is 5.69 Å². The smallest absolute Gasteiger partial charge is 0.274 e. The summed E-state index contributed by atoms with van der Waals surface area (Å²) in [5.41, 5.74) is 9.64. The first-order valence-electron chi connectivity index (χ1n) is 8.40. The summed E-state index contributed by atoms with van der Waals surface area (Å²) in [5, 5.41) is 4.47. The summed E-state index contributed by atoms with van der Waals surface area (Å²) < 4.78 is 1.76. The maximum Gasteiger partial charge on any atom is 0.274 e. The van der Waals surface area contributed by atoms with Gasteiger partial charge in [0, 0.05) is 12.2 Å². The van der Waals surface area contributed by atoms with Gasteiger partial charge in [-0.05, 0) is 56.0 Å². The van der Waals surface area contributed by atoms with Crippen LogP contribution in [0.5, 0.6) is 0 Å². The number of aryl methyl sites for hydroxylation is 3. The van der Waals surface area contributed by atoms with E-state index < -0.39 is 5.91 Å². The first-order valence-corrected chi connectivity index (χ1v) is 8.40. The highest BCUT2D eigenvalue weighted by Gasteiger charge is 2.22. The minimum Gasteiger partial charge on any atom is -0.368 e. The molecule has 0 aliphatic carbocycles. The molecule has 2 N–H and O–H groups in total. The Morgan fingerprint density at radius 1 is 1.12 bits per heavy atom. The zero-order valence-electron chi connectivity index (χ0n) is 15.5. The molecule has 134 valence electrons. The summed E-state index contributed by atoms with van der Waals surface area (Å²) in [5.74, 6) is -0.580. The normalized spacial score (nSPS) is 11.0. The number of hydrogen-bond acceptors (Lipinski definition) is 3. The number of amides is 2. The Hall–Kier alpha value is -2.63. The topological polar surface area (TPSA) is 81.2 Å². The van der Waals surface area contributed by atoms with Crippen LogP contribution in [0.1, 0.15) is 41.2 Å². The molecular weight excluding hydrogens is 316 g/mol. The maximum absolute atomic E-state index is 12.8. The van der Waals surface area contributed by atoms with Gasteiger partial charge >= 0.3 is 0 Å². The van der Waals surface area contributed by atoms with Crippen molar-refractivity contribution in [3.63, 3.8) is 0 Å². The zero-order chi connectivity index (χ0) is 18.7. The fraction of sp³-hybridized carbons (Fsp3) is 0.421. The molecule has 1 aromatic carbocycles. The Morgan fingerprint density at radius 2 is 1.72 bits per heavy atom. The van der Waals surface area contributed by atoms with Crippen LogP contribution < -0.4 is 5.73 Å². The first-order chi connectivity index (χ1) is 11.7.